The molecule has 0 aliphatic carbocycles. The molecule has 1 atom stereocenters. The summed E-state index contributed by atoms with van der Waals surface area (Å²) in [7, 11) is 0. The lowest BCUT2D eigenvalue weighted by atomic mass is 9.91. The Morgan fingerprint density at radius 1 is 1.38 bits per heavy atom. The van der Waals surface area contributed by atoms with E-state index in [2.05, 4.69) is 37.0 Å². The normalized spacial score (nSPS) is 25.6. The first-order valence-electron chi connectivity index (χ1n) is 4.48. The summed E-state index contributed by atoms with van der Waals surface area (Å²) in [5.41, 5.74) is 1.22. The number of hydrogen-bond donors (Lipinski definition) is 0. The molecule has 3 heteroatoms. The van der Waals surface area contributed by atoms with Crippen molar-refractivity contribution in [3.8, 4) is 0 Å². The third kappa shape index (κ3) is 1.46. The van der Waals surface area contributed by atoms with E-state index in [-0.39, 0.29) is 11.7 Å². The van der Waals surface area contributed by atoms with Crippen LogP contribution < -0.4 is 0 Å². The summed E-state index contributed by atoms with van der Waals surface area (Å²) < 4.78 is 2.03. The molecule has 2 rings (SSSR count). The predicted molar refractivity (Wildman–Crippen MR) is 54.6 cm³/mol. The number of allylic oxidation sites excluding steroid dienone is 1. The van der Waals surface area contributed by atoms with Crippen LogP contribution in [0.25, 0.3) is 0 Å². The number of hydrogen-bond acceptors (Lipinski definition) is 2. The van der Waals surface area contributed by atoms with E-state index < -0.39 is 0 Å². The molecule has 0 saturated carbocycles. The summed E-state index contributed by atoms with van der Waals surface area (Å²) in [5.74, 6) is 0. The van der Waals surface area contributed by atoms with Gasteiger partial charge in [-0.3, -0.25) is 0 Å². The van der Waals surface area contributed by atoms with Gasteiger partial charge in [-0.25, -0.2) is 4.99 Å². The number of rotatable bonds is 0. The van der Waals surface area contributed by atoms with Gasteiger partial charge in [-0.15, -0.1) is 0 Å². The Hall–Kier alpha value is -1.25. The first-order valence-corrected chi connectivity index (χ1v) is 4.48. The number of aliphatic imine (C=N–C) groups is 2. The van der Waals surface area contributed by atoms with E-state index in [9.17, 15) is 0 Å². The van der Waals surface area contributed by atoms with E-state index in [0.717, 1.165) is 5.71 Å². The highest BCUT2D eigenvalue weighted by Crippen LogP contribution is 2.20. The average Bonchev–Trinajstić information content (AvgIpc) is 2.45. The van der Waals surface area contributed by atoms with Crippen LogP contribution in [0.15, 0.2) is 22.3 Å². The minimum atomic E-state index is -0.0424. The fourth-order valence-electron chi connectivity index (χ4n) is 1.31. The van der Waals surface area contributed by atoms with Crippen molar-refractivity contribution in [1.29, 1.82) is 0 Å². The zero-order valence-electron chi connectivity index (χ0n) is 8.23. The van der Waals surface area contributed by atoms with E-state index in [4.69, 9.17) is 0 Å². The fraction of sp³-hybridized carbons (Fsp3) is 0.500. The van der Waals surface area contributed by atoms with Gasteiger partial charge in [0.2, 0.25) is 0 Å². The summed E-state index contributed by atoms with van der Waals surface area (Å²) in [5, 5.41) is 0. The lowest BCUT2D eigenvalue weighted by Gasteiger charge is -2.13. The van der Waals surface area contributed by atoms with Crippen LogP contribution in [0, 0.1) is 5.41 Å². The molecule has 2 heterocycles. The standard InChI is InChI=1S/C10H14N3/c1-10(2,3)8-7-13-6-4-5-11-9(13)12-8/h4-7,9H,1-3H3/q+1. The van der Waals surface area contributed by atoms with Gasteiger partial charge in [0.1, 0.15) is 5.71 Å². The van der Waals surface area contributed by atoms with Crippen molar-refractivity contribution < 1.29 is 4.58 Å². The van der Waals surface area contributed by atoms with Crippen LogP contribution in [0.3, 0.4) is 0 Å². The second-order valence-corrected chi connectivity index (χ2v) is 4.33. The molecule has 3 nitrogen and oxygen atoms in total. The van der Waals surface area contributed by atoms with Crippen LogP contribution in [0.1, 0.15) is 20.8 Å². The first-order chi connectivity index (χ1) is 6.07. The minimum Gasteiger partial charge on any atom is -0.203 e. The van der Waals surface area contributed by atoms with E-state index in [1.165, 1.54) is 0 Å². The van der Waals surface area contributed by atoms with Gasteiger partial charge in [-0.05, 0) is 0 Å². The second-order valence-electron chi connectivity index (χ2n) is 4.33. The molecule has 2 aliphatic rings. The average molecular weight is 176 g/mol. The zero-order valence-corrected chi connectivity index (χ0v) is 8.23. The topological polar surface area (TPSA) is 27.7 Å². The van der Waals surface area contributed by atoms with Crippen LogP contribution >= 0.6 is 0 Å². The van der Waals surface area contributed by atoms with Crippen LogP contribution in [0.4, 0.5) is 0 Å². The summed E-state index contributed by atoms with van der Waals surface area (Å²) in [6.45, 7) is 6.48. The van der Waals surface area contributed by atoms with Crippen molar-refractivity contribution in [2.75, 3.05) is 0 Å². The summed E-state index contributed by atoms with van der Waals surface area (Å²) >= 11 is 0. The van der Waals surface area contributed by atoms with Crippen LogP contribution in [0.2, 0.25) is 0 Å². The highest BCUT2D eigenvalue weighted by molar-refractivity contribution is 6.31. The second kappa shape index (κ2) is 2.62. The van der Waals surface area contributed by atoms with Gasteiger partial charge in [-0.2, -0.15) is 9.57 Å². The van der Waals surface area contributed by atoms with E-state index in [1.807, 2.05) is 16.9 Å². The molecule has 0 aromatic rings. The van der Waals surface area contributed by atoms with Gasteiger partial charge < -0.3 is 0 Å². The van der Waals surface area contributed by atoms with Gasteiger partial charge in [0.25, 0.3) is 0 Å². The van der Waals surface area contributed by atoms with Gasteiger partial charge >= 0.3 is 6.29 Å². The number of nitrogens with zero attached hydrogens (tertiary/aromatic N) is 3. The Bertz CT molecular complexity index is 340. The molecule has 0 aromatic carbocycles. The highest BCUT2D eigenvalue weighted by Gasteiger charge is 2.32. The summed E-state index contributed by atoms with van der Waals surface area (Å²) in [4.78, 5) is 8.77. The molecule has 0 bridgehead atoms. The molecule has 1 unspecified atom stereocenters. The quantitative estimate of drug-likeness (QED) is 0.500. The van der Waals surface area contributed by atoms with Gasteiger partial charge in [0, 0.05) is 17.7 Å². The predicted octanol–water partition coefficient (Wildman–Crippen LogP) is 1.45. The molecule has 2 aliphatic heterocycles. The molecule has 0 N–H and O–H groups in total. The van der Waals surface area contributed by atoms with E-state index in [1.54, 1.807) is 6.21 Å². The van der Waals surface area contributed by atoms with Gasteiger partial charge in [0.05, 0.1) is 0 Å². The first kappa shape index (κ1) is 8.35. The fourth-order valence-corrected chi connectivity index (χ4v) is 1.31. The molecule has 0 spiro atoms. The Balaban J connectivity index is 2.33. The van der Waals surface area contributed by atoms with Crippen molar-refractivity contribution in [3.63, 3.8) is 0 Å². The van der Waals surface area contributed by atoms with Crippen molar-refractivity contribution in [2.45, 2.75) is 27.1 Å². The molecule has 13 heavy (non-hydrogen) atoms. The van der Waals surface area contributed by atoms with Crippen molar-refractivity contribution in [2.24, 2.45) is 15.4 Å². The number of fused-ring (bicyclic) bond motifs is 1. The molecule has 0 amide bonds. The maximum atomic E-state index is 4.52. The third-order valence-electron chi connectivity index (χ3n) is 2.12. The van der Waals surface area contributed by atoms with Crippen LogP contribution in [-0.2, 0) is 0 Å². The summed E-state index contributed by atoms with van der Waals surface area (Å²) in [6.07, 6.45) is 7.75. The van der Waals surface area contributed by atoms with Gasteiger partial charge in [0.15, 0.2) is 12.4 Å². The van der Waals surface area contributed by atoms with Crippen molar-refractivity contribution in [3.05, 3.63) is 12.3 Å². The molecular formula is C10H14N3+. The zero-order chi connectivity index (χ0) is 9.47. The van der Waals surface area contributed by atoms with Crippen LogP contribution in [0.5, 0.6) is 0 Å². The molecule has 0 fully saturated rings. The minimum absolute atomic E-state index is 0.0424. The smallest absolute Gasteiger partial charge is 0.203 e. The van der Waals surface area contributed by atoms with Crippen molar-refractivity contribution >= 4 is 18.1 Å². The molecule has 68 valence electrons. The highest BCUT2D eigenvalue weighted by atomic mass is 15.3. The molecule has 0 radical (unpaired) electrons. The Labute approximate surface area is 78.2 Å². The molecule has 0 aromatic heterocycles. The van der Waals surface area contributed by atoms with Crippen LogP contribution in [-0.4, -0.2) is 29.0 Å². The Morgan fingerprint density at radius 2 is 2.15 bits per heavy atom. The van der Waals surface area contributed by atoms with Gasteiger partial charge in [-0.1, -0.05) is 20.8 Å². The van der Waals surface area contributed by atoms with E-state index in [0.29, 0.717) is 0 Å². The maximum absolute atomic E-state index is 4.52. The monoisotopic (exact) mass is 176 g/mol. The Morgan fingerprint density at radius 3 is 2.77 bits per heavy atom. The van der Waals surface area contributed by atoms with Crippen molar-refractivity contribution in [1.82, 2.24) is 0 Å². The van der Waals surface area contributed by atoms with E-state index >= 15 is 0 Å². The maximum Gasteiger partial charge on any atom is 0.351 e. The SMILES string of the molecule is CC(C)(C)C1=NC2N=CC=C[N+]2=C1. The largest absolute Gasteiger partial charge is 0.351 e. The lowest BCUT2D eigenvalue weighted by Crippen LogP contribution is -2.21. The lowest BCUT2D eigenvalue weighted by molar-refractivity contribution is -0.487. The molecular weight excluding hydrogens is 162 g/mol. The molecule has 0 saturated heterocycles. The Kier molecular flexibility index (Phi) is 1.68. The summed E-state index contributed by atoms with van der Waals surface area (Å²) in [6, 6.07) is 0. The third-order valence-corrected chi connectivity index (χ3v) is 2.12.